The average molecular weight is 480 g/mol. The predicted molar refractivity (Wildman–Crippen MR) is 137 cm³/mol. The summed E-state index contributed by atoms with van der Waals surface area (Å²) in [5, 5.41) is 15.5. The minimum absolute atomic E-state index is 0.187. The molecule has 35 heavy (non-hydrogen) atoms. The van der Waals surface area contributed by atoms with Crippen LogP contribution in [-0.4, -0.2) is 58.8 Å². The molecule has 0 spiro atoms. The Morgan fingerprint density at radius 1 is 1.14 bits per heavy atom. The highest BCUT2D eigenvalue weighted by atomic mass is 16.5. The minimum Gasteiger partial charge on any atom is -0.493 e. The molecule has 0 amide bonds. The van der Waals surface area contributed by atoms with Gasteiger partial charge in [-0.15, -0.1) is 0 Å². The maximum Gasteiger partial charge on any atom is 0.227 e. The molecule has 1 aliphatic rings. The fourth-order valence-electron chi connectivity index (χ4n) is 4.60. The fourth-order valence-corrected chi connectivity index (χ4v) is 4.60. The smallest absolute Gasteiger partial charge is 0.227 e. The van der Waals surface area contributed by atoms with Crippen LogP contribution in [0, 0.1) is 6.92 Å². The molecule has 1 N–H and O–H groups in total. The molecule has 1 saturated heterocycles. The van der Waals surface area contributed by atoms with Gasteiger partial charge in [0.05, 0.1) is 36.3 Å². The van der Waals surface area contributed by atoms with Crippen LogP contribution in [0.3, 0.4) is 0 Å². The molecule has 1 fully saturated rings. The predicted octanol–water partition coefficient (Wildman–Crippen LogP) is 5.12. The van der Waals surface area contributed by atoms with E-state index in [2.05, 4.69) is 11.8 Å². The van der Waals surface area contributed by atoms with Crippen LogP contribution >= 0.6 is 0 Å². The number of methoxy groups -OCH3 is 1. The summed E-state index contributed by atoms with van der Waals surface area (Å²) in [6.07, 6.45) is 3.66. The first-order valence-electron chi connectivity index (χ1n) is 12.6. The van der Waals surface area contributed by atoms with Crippen LogP contribution < -0.4 is 9.47 Å². The van der Waals surface area contributed by atoms with E-state index in [4.69, 9.17) is 19.3 Å². The summed E-state index contributed by atoms with van der Waals surface area (Å²) in [7, 11) is 1.64. The summed E-state index contributed by atoms with van der Waals surface area (Å²) < 4.78 is 19.8. The van der Waals surface area contributed by atoms with Gasteiger partial charge in [-0.3, -0.25) is 4.90 Å². The Hall–Kier alpha value is -2.87. The van der Waals surface area contributed by atoms with Crippen LogP contribution in [0.25, 0.3) is 5.69 Å². The largest absolute Gasteiger partial charge is 0.493 e. The summed E-state index contributed by atoms with van der Waals surface area (Å²) in [4.78, 5) is 2.28. The van der Waals surface area contributed by atoms with Crippen molar-refractivity contribution in [3.8, 4) is 23.1 Å². The van der Waals surface area contributed by atoms with Crippen molar-refractivity contribution in [2.45, 2.75) is 58.3 Å². The molecular formula is C28H37N3O4. The quantitative estimate of drug-likeness (QED) is 0.389. The van der Waals surface area contributed by atoms with Crippen molar-refractivity contribution in [1.82, 2.24) is 14.7 Å². The van der Waals surface area contributed by atoms with Gasteiger partial charge >= 0.3 is 0 Å². The van der Waals surface area contributed by atoms with Gasteiger partial charge in [-0.05, 0) is 50.5 Å². The van der Waals surface area contributed by atoms with Crippen molar-refractivity contribution in [1.29, 1.82) is 0 Å². The molecule has 2 atom stereocenters. The van der Waals surface area contributed by atoms with Crippen LogP contribution in [0.15, 0.2) is 54.6 Å². The molecule has 188 valence electrons. The number of nitrogens with zero attached hydrogens (tertiary/aromatic N) is 3. The van der Waals surface area contributed by atoms with Gasteiger partial charge in [-0.2, -0.15) is 5.10 Å². The summed E-state index contributed by atoms with van der Waals surface area (Å²) >= 11 is 0. The van der Waals surface area contributed by atoms with E-state index in [-0.39, 0.29) is 12.2 Å². The van der Waals surface area contributed by atoms with Gasteiger partial charge in [0.1, 0.15) is 0 Å². The van der Waals surface area contributed by atoms with Gasteiger partial charge in [0.15, 0.2) is 11.5 Å². The molecule has 0 aliphatic carbocycles. The van der Waals surface area contributed by atoms with Crippen LogP contribution in [0.4, 0.5) is 0 Å². The lowest BCUT2D eigenvalue weighted by molar-refractivity contribution is 0.0437. The van der Waals surface area contributed by atoms with Gasteiger partial charge in [0.25, 0.3) is 0 Å². The lowest BCUT2D eigenvalue weighted by Gasteiger charge is -2.27. The van der Waals surface area contributed by atoms with Crippen LogP contribution in [0.5, 0.6) is 17.4 Å². The maximum absolute atomic E-state index is 10.6. The lowest BCUT2D eigenvalue weighted by atomic mass is 10.1. The summed E-state index contributed by atoms with van der Waals surface area (Å²) in [6, 6.07) is 17.6. The molecule has 4 rings (SSSR count). The first-order chi connectivity index (χ1) is 17.1. The number of aromatic nitrogens is 2. The third-order valence-electron chi connectivity index (χ3n) is 6.37. The van der Waals surface area contributed by atoms with E-state index in [1.54, 1.807) is 7.11 Å². The van der Waals surface area contributed by atoms with E-state index in [1.807, 2.05) is 66.2 Å². The van der Waals surface area contributed by atoms with E-state index < -0.39 is 0 Å². The third-order valence-corrected chi connectivity index (χ3v) is 6.37. The average Bonchev–Trinajstić information content (AvgIpc) is 3.48. The molecule has 1 aliphatic heterocycles. The standard InChI is InChI=1S/C28H37N3O4/c1-4-11-23(32)18-30(19-24-14-10-17-34-24)20-25-21(2)29-31(22-12-6-5-7-13-22)28(25)35-27-16-9-8-15-26(27)33-3/h5-9,12-13,15-16,23-24,32H,4,10-11,14,17-20H2,1-3H3/t23-,24-/m0/s1. The van der Waals surface area contributed by atoms with Crippen LogP contribution in [0.2, 0.25) is 0 Å². The molecule has 7 nitrogen and oxygen atoms in total. The van der Waals surface area contributed by atoms with Crippen molar-refractivity contribution in [3.63, 3.8) is 0 Å². The zero-order chi connectivity index (χ0) is 24.6. The summed E-state index contributed by atoms with van der Waals surface area (Å²) in [6.45, 7) is 6.87. The third kappa shape index (κ3) is 6.42. The van der Waals surface area contributed by atoms with Gasteiger partial charge in [0, 0.05) is 26.2 Å². The Balaban J connectivity index is 1.70. The second-order valence-electron chi connectivity index (χ2n) is 9.14. The molecule has 0 unspecified atom stereocenters. The van der Waals surface area contributed by atoms with Crippen molar-refractivity contribution in [3.05, 3.63) is 65.9 Å². The second kappa shape index (κ2) is 12.2. The van der Waals surface area contributed by atoms with Crippen LogP contribution in [0.1, 0.15) is 43.9 Å². The molecule has 0 radical (unpaired) electrons. The number of ether oxygens (including phenoxy) is 3. The Labute approximate surface area is 208 Å². The molecule has 7 heteroatoms. The molecular weight excluding hydrogens is 442 g/mol. The fraction of sp³-hybridized carbons (Fsp3) is 0.464. The molecule has 1 aromatic heterocycles. The highest BCUT2D eigenvalue weighted by Crippen LogP contribution is 2.36. The highest BCUT2D eigenvalue weighted by Gasteiger charge is 2.26. The molecule has 2 aromatic carbocycles. The SMILES string of the molecule is CCC[C@H](O)CN(Cc1c(C)nn(-c2ccccc2)c1Oc1ccccc1OC)C[C@@H]1CCCO1. The minimum atomic E-state index is -0.385. The number of hydrogen-bond acceptors (Lipinski definition) is 6. The van der Waals surface area contributed by atoms with Crippen molar-refractivity contribution < 1.29 is 19.3 Å². The topological polar surface area (TPSA) is 69.0 Å². The molecule has 0 saturated carbocycles. The van der Waals surface area contributed by atoms with Gasteiger partial charge in [-0.1, -0.05) is 43.7 Å². The van der Waals surface area contributed by atoms with Crippen molar-refractivity contribution >= 4 is 0 Å². The number of hydrogen-bond donors (Lipinski definition) is 1. The number of aliphatic hydroxyl groups is 1. The Morgan fingerprint density at radius 2 is 1.89 bits per heavy atom. The van der Waals surface area contributed by atoms with Gasteiger partial charge in [0.2, 0.25) is 5.88 Å². The Morgan fingerprint density at radius 3 is 2.57 bits per heavy atom. The molecule has 3 aromatic rings. The maximum atomic E-state index is 10.6. The zero-order valence-corrected chi connectivity index (χ0v) is 21.0. The molecule has 2 heterocycles. The molecule has 0 bridgehead atoms. The first kappa shape index (κ1) is 25.2. The van der Waals surface area contributed by atoms with E-state index in [1.165, 1.54) is 0 Å². The second-order valence-corrected chi connectivity index (χ2v) is 9.14. The lowest BCUT2D eigenvalue weighted by Crippen LogP contribution is -2.37. The number of aryl methyl sites for hydroxylation is 1. The van der Waals surface area contributed by atoms with Gasteiger partial charge < -0.3 is 19.3 Å². The van der Waals surface area contributed by atoms with E-state index in [0.717, 1.165) is 55.8 Å². The van der Waals surface area contributed by atoms with E-state index >= 15 is 0 Å². The number of rotatable bonds is 12. The summed E-state index contributed by atoms with van der Waals surface area (Å²) in [5.74, 6) is 1.94. The number of benzene rings is 2. The normalized spacial score (nSPS) is 16.5. The highest BCUT2D eigenvalue weighted by molar-refractivity contribution is 5.47. The van der Waals surface area contributed by atoms with Crippen molar-refractivity contribution in [2.24, 2.45) is 0 Å². The summed E-state index contributed by atoms with van der Waals surface area (Å²) in [5.41, 5.74) is 2.80. The van der Waals surface area contributed by atoms with E-state index in [0.29, 0.717) is 30.5 Å². The van der Waals surface area contributed by atoms with Gasteiger partial charge in [-0.25, -0.2) is 4.68 Å². The Bertz CT molecular complexity index is 1060. The zero-order valence-electron chi connectivity index (χ0n) is 21.0. The van der Waals surface area contributed by atoms with Crippen molar-refractivity contribution in [2.75, 3.05) is 26.8 Å². The monoisotopic (exact) mass is 479 g/mol. The Kier molecular flexibility index (Phi) is 8.79. The first-order valence-corrected chi connectivity index (χ1v) is 12.6. The number of para-hydroxylation sites is 3. The number of aliphatic hydroxyl groups excluding tert-OH is 1. The van der Waals surface area contributed by atoms with E-state index in [9.17, 15) is 5.11 Å². The van der Waals surface area contributed by atoms with Crippen LogP contribution in [-0.2, 0) is 11.3 Å².